The van der Waals surface area contributed by atoms with E-state index in [1.807, 2.05) is 0 Å². The number of rotatable bonds is 4. The highest BCUT2D eigenvalue weighted by atomic mass is 35.5. The Morgan fingerprint density at radius 2 is 1.36 bits per heavy atom. The molecule has 1 aliphatic carbocycles. The van der Waals surface area contributed by atoms with E-state index in [-0.39, 0.29) is 16.9 Å². The fourth-order valence-electron chi connectivity index (χ4n) is 5.57. The molecule has 1 aliphatic heterocycles. The Balaban J connectivity index is 1.64. The third-order valence-electron chi connectivity index (χ3n) is 7.95. The van der Waals surface area contributed by atoms with Crippen LogP contribution in [0.15, 0.2) is 102 Å². The lowest BCUT2D eigenvalue weighted by molar-refractivity contribution is 0.590. The largest absolute Gasteiger partial charge is 0.337 e. The van der Waals surface area contributed by atoms with Crippen molar-refractivity contribution >= 4 is 42.2 Å². The van der Waals surface area contributed by atoms with E-state index >= 15 is 0 Å². The number of halogens is 1. The van der Waals surface area contributed by atoms with Crippen LogP contribution >= 0.6 is 11.6 Å². The molecule has 1 atom stereocenters. The number of allylic oxidation sites excluding steroid dienone is 3. The SMILES string of the molecule is [B]C1=C(C)N(c2cccc(N(c3ccc(C(C)(C)C)cc3)c3ccc(C(C)(C)C)cc3)c2Cl)C2CC=CC=C12. The summed E-state index contributed by atoms with van der Waals surface area (Å²) in [6.45, 7) is 15.5. The van der Waals surface area contributed by atoms with E-state index in [9.17, 15) is 0 Å². The summed E-state index contributed by atoms with van der Waals surface area (Å²) in [5.74, 6) is 0. The standard InChI is InChI=1S/C35H38BClN2/c1-23-32(36)28-11-8-9-12-29(28)38(23)30-13-10-14-31(33(30)37)39(26-19-15-24(16-20-26)34(2,3)4)27-21-17-25(18-22-27)35(5,6)7/h8-11,13-22,29H,12H2,1-7H3. The van der Waals surface area contributed by atoms with Crippen molar-refractivity contribution in [1.29, 1.82) is 0 Å². The molecular weight excluding hydrogens is 495 g/mol. The van der Waals surface area contributed by atoms with Crippen LogP contribution in [0.4, 0.5) is 22.7 Å². The van der Waals surface area contributed by atoms with Crippen LogP contribution in [-0.4, -0.2) is 13.9 Å². The molecule has 3 aromatic carbocycles. The summed E-state index contributed by atoms with van der Waals surface area (Å²) in [6.07, 6.45) is 7.32. The molecular formula is C35H38BClN2. The first-order chi connectivity index (χ1) is 18.4. The summed E-state index contributed by atoms with van der Waals surface area (Å²) >= 11 is 7.35. The van der Waals surface area contributed by atoms with Crippen molar-refractivity contribution in [2.24, 2.45) is 0 Å². The van der Waals surface area contributed by atoms with Crippen molar-refractivity contribution in [1.82, 2.24) is 0 Å². The number of hydrogen-bond donors (Lipinski definition) is 0. The summed E-state index contributed by atoms with van der Waals surface area (Å²) in [7, 11) is 6.57. The Labute approximate surface area is 241 Å². The minimum absolute atomic E-state index is 0.0779. The van der Waals surface area contributed by atoms with Crippen molar-refractivity contribution < 1.29 is 0 Å². The van der Waals surface area contributed by atoms with Crippen molar-refractivity contribution in [3.8, 4) is 0 Å². The van der Waals surface area contributed by atoms with Gasteiger partial charge < -0.3 is 9.80 Å². The van der Waals surface area contributed by atoms with E-state index in [0.29, 0.717) is 5.02 Å². The minimum atomic E-state index is 0.0779. The van der Waals surface area contributed by atoms with Gasteiger partial charge in [-0.25, -0.2) is 0 Å². The molecule has 2 nitrogen and oxygen atoms in total. The molecule has 0 fully saturated rings. The third kappa shape index (κ3) is 5.10. The first kappa shape index (κ1) is 27.4. The first-order valence-electron chi connectivity index (χ1n) is 13.8. The van der Waals surface area contributed by atoms with Crippen LogP contribution in [0.5, 0.6) is 0 Å². The van der Waals surface area contributed by atoms with Crippen molar-refractivity contribution in [3.63, 3.8) is 0 Å². The Kier molecular flexibility index (Phi) is 7.10. The third-order valence-corrected chi connectivity index (χ3v) is 8.33. The molecule has 4 heteroatoms. The van der Waals surface area contributed by atoms with Crippen LogP contribution in [0.25, 0.3) is 0 Å². The van der Waals surface area contributed by atoms with Gasteiger partial charge in [-0.1, -0.05) is 107 Å². The number of hydrogen-bond acceptors (Lipinski definition) is 2. The summed E-state index contributed by atoms with van der Waals surface area (Å²) < 4.78 is 0. The number of nitrogens with zero attached hydrogens (tertiary/aromatic N) is 2. The van der Waals surface area contributed by atoms with E-state index in [2.05, 4.69) is 143 Å². The first-order valence-corrected chi connectivity index (χ1v) is 14.2. The van der Waals surface area contributed by atoms with Crippen molar-refractivity contribution in [2.75, 3.05) is 9.80 Å². The van der Waals surface area contributed by atoms with Gasteiger partial charge in [0.15, 0.2) is 0 Å². The van der Waals surface area contributed by atoms with Gasteiger partial charge in [0.1, 0.15) is 7.85 Å². The quantitative estimate of drug-likeness (QED) is 0.308. The molecule has 0 spiro atoms. The van der Waals surface area contributed by atoms with Gasteiger partial charge in [0.2, 0.25) is 0 Å². The van der Waals surface area contributed by atoms with Gasteiger partial charge in [0, 0.05) is 17.1 Å². The molecule has 0 aromatic heterocycles. The van der Waals surface area contributed by atoms with Crippen molar-refractivity contribution in [3.05, 3.63) is 118 Å². The highest BCUT2D eigenvalue weighted by Gasteiger charge is 2.34. The summed E-state index contributed by atoms with van der Waals surface area (Å²) in [4.78, 5) is 4.57. The zero-order valence-electron chi connectivity index (χ0n) is 24.2. The predicted molar refractivity (Wildman–Crippen MR) is 170 cm³/mol. The topological polar surface area (TPSA) is 6.48 Å². The van der Waals surface area contributed by atoms with Gasteiger partial charge in [-0.2, -0.15) is 0 Å². The van der Waals surface area contributed by atoms with E-state index in [0.717, 1.165) is 40.3 Å². The molecule has 198 valence electrons. The van der Waals surface area contributed by atoms with E-state index < -0.39 is 0 Å². The molecule has 0 saturated heterocycles. The molecule has 5 rings (SSSR count). The lowest BCUT2D eigenvalue weighted by Crippen LogP contribution is -2.31. The van der Waals surface area contributed by atoms with Crippen LogP contribution in [0.1, 0.15) is 66.0 Å². The van der Waals surface area contributed by atoms with Gasteiger partial charge in [0.25, 0.3) is 0 Å². The number of benzene rings is 3. The van der Waals surface area contributed by atoms with Crippen LogP contribution < -0.4 is 9.80 Å². The monoisotopic (exact) mass is 532 g/mol. The molecule has 3 aromatic rings. The number of fused-ring (bicyclic) bond motifs is 1. The molecule has 39 heavy (non-hydrogen) atoms. The second-order valence-corrected chi connectivity index (χ2v) is 13.1. The second kappa shape index (κ2) is 10.1. The Morgan fingerprint density at radius 3 is 1.87 bits per heavy atom. The molecule has 0 amide bonds. The average Bonchev–Trinajstić information content (AvgIpc) is 3.15. The van der Waals surface area contributed by atoms with Gasteiger partial charge in [-0.3, -0.25) is 0 Å². The normalized spacial score (nSPS) is 17.4. The maximum absolute atomic E-state index is 7.35. The van der Waals surface area contributed by atoms with E-state index in [4.69, 9.17) is 19.4 Å². The van der Waals surface area contributed by atoms with Crippen LogP contribution in [0.3, 0.4) is 0 Å². The zero-order valence-corrected chi connectivity index (χ0v) is 25.0. The predicted octanol–water partition coefficient (Wildman–Crippen LogP) is 9.88. The molecule has 0 bridgehead atoms. The molecule has 1 unspecified atom stereocenters. The Morgan fingerprint density at radius 1 is 0.821 bits per heavy atom. The fraction of sp³-hybridized carbons (Fsp3) is 0.314. The number of anilines is 4. The minimum Gasteiger partial charge on any atom is -0.337 e. The zero-order chi connectivity index (χ0) is 28.1. The molecule has 2 radical (unpaired) electrons. The molecule has 0 saturated carbocycles. The van der Waals surface area contributed by atoms with Crippen molar-refractivity contribution in [2.45, 2.75) is 71.8 Å². The molecule has 2 aliphatic rings. The van der Waals surface area contributed by atoms with Crippen LogP contribution in [0, 0.1) is 0 Å². The highest BCUT2D eigenvalue weighted by Crippen LogP contribution is 2.47. The summed E-state index contributed by atoms with van der Waals surface area (Å²) in [6, 6.07) is 24.2. The highest BCUT2D eigenvalue weighted by molar-refractivity contribution is 6.36. The maximum atomic E-state index is 7.35. The smallest absolute Gasteiger partial charge is 0.116 e. The molecule has 1 heterocycles. The lowest BCUT2D eigenvalue weighted by Gasteiger charge is -2.33. The van der Waals surface area contributed by atoms with Gasteiger partial charge in [0.05, 0.1) is 22.4 Å². The van der Waals surface area contributed by atoms with Gasteiger partial charge in [-0.15, -0.1) is 0 Å². The fourth-order valence-corrected chi connectivity index (χ4v) is 5.87. The second-order valence-electron chi connectivity index (χ2n) is 12.7. The average molecular weight is 533 g/mol. The van der Waals surface area contributed by atoms with Crippen LogP contribution in [-0.2, 0) is 10.8 Å². The van der Waals surface area contributed by atoms with Crippen LogP contribution in [0.2, 0.25) is 5.02 Å². The Hall–Kier alpha value is -3.17. The molecule has 0 N–H and O–H groups in total. The summed E-state index contributed by atoms with van der Waals surface area (Å²) in [5.41, 5.74) is 9.87. The Bertz CT molecular complexity index is 1410. The maximum Gasteiger partial charge on any atom is 0.116 e. The van der Waals surface area contributed by atoms with E-state index in [1.54, 1.807) is 0 Å². The summed E-state index contributed by atoms with van der Waals surface area (Å²) in [5, 5.41) is 0.709. The van der Waals surface area contributed by atoms with Gasteiger partial charge in [-0.05, 0) is 77.3 Å². The van der Waals surface area contributed by atoms with Gasteiger partial charge >= 0.3 is 0 Å². The lowest BCUT2D eigenvalue weighted by atomic mass is 9.84. The van der Waals surface area contributed by atoms with E-state index in [1.165, 1.54) is 16.7 Å².